The van der Waals surface area contributed by atoms with Gasteiger partial charge in [0.25, 0.3) is 10.0 Å². The van der Waals surface area contributed by atoms with Crippen LogP contribution in [0, 0.1) is 0 Å². The number of nitrogens with zero attached hydrogens (tertiary/aromatic N) is 1. The van der Waals surface area contributed by atoms with E-state index < -0.39 is 50.6 Å². The predicted molar refractivity (Wildman–Crippen MR) is 123 cm³/mol. The van der Waals surface area contributed by atoms with Crippen molar-refractivity contribution in [3.63, 3.8) is 0 Å². The molecule has 192 valence electrons. The number of hydrogen-bond acceptors (Lipinski definition) is 6. The minimum atomic E-state index is -4.73. The van der Waals surface area contributed by atoms with Crippen LogP contribution in [0.25, 0.3) is 0 Å². The van der Waals surface area contributed by atoms with Crippen LogP contribution in [-0.4, -0.2) is 44.0 Å². The number of benzene rings is 2. The zero-order valence-corrected chi connectivity index (χ0v) is 20.4. The van der Waals surface area contributed by atoms with E-state index in [4.69, 9.17) is 9.47 Å². The molecule has 0 saturated carbocycles. The summed E-state index contributed by atoms with van der Waals surface area (Å²) >= 11 is 0. The summed E-state index contributed by atoms with van der Waals surface area (Å²) in [5.41, 5.74) is -1.65. The van der Waals surface area contributed by atoms with E-state index >= 15 is 0 Å². The van der Waals surface area contributed by atoms with Crippen molar-refractivity contribution in [2.75, 3.05) is 16.2 Å². The molecule has 0 spiro atoms. The quantitative estimate of drug-likeness (QED) is 0.593. The standard InChI is InChI=1S/C23H27F3N2O6S/c1-14(29)10-17-13-28(35(31,32)18-7-5-6-15(11-18)23(24,25)26)19-12-16(8-9-20(19)33-17)27-21(30)34-22(2,3)4/h5-9,11-12,14,17,29H,10,13H2,1-4H3,(H,27,30). The van der Waals surface area contributed by atoms with Crippen molar-refractivity contribution >= 4 is 27.5 Å². The summed E-state index contributed by atoms with van der Waals surface area (Å²) in [6, 6.07) is 7.69. The molecule has 2 unspecified atom stereocenters. The number of nitrogens with one attached hydrogen (secondary N) is 1. The van der Waals surface area contributed by atoms with Crippen molar-refractivity contribution in [2.24, 2.45) is 0 Å². The molecule has 1 aliphatic heterocycles. The maximum atomic E-state index is 13.5. The first-order valence-corrected chi connectivity index (χ1v) is 12.2. The molecular formula is C23H27F3N2O6S. The zero-order valence-electron chi connectivity index (χ0n) is 19.6. The number of fused-ring (bicyclic) bond motifs is 1. The molecule has 2 aromatic rings. The number of aliphatic hydroxyl groups excluding tert-OH is 1. The molecule has 1 amide bonds. The molecule has 3 rings (SSSR count). The average Bonchev–Trinajstić information content (AvgIpc) is 2.71. The van der Waals surface area contributed by atoms with E-state index in [-0.39, 0.29) is 30.1 Å². The van der Waals surface area contributed by atoms with Crippen LogP contribution in [0.4, 0.5) is 29.3 Å². The van der Waals surface area contributed by atoms with Gasteiger partial charge in [-0.15, -0.1) is 0 Å². The van der Waals surface area contributed by atoms with Crippen LogP contribution >= 0.6 is 0 Å². The smallest absolute Gasteiger partial charge is 0.416 e. The lowest BCUT2D eigenvalue weighted by Crippen LogP contribution is -2.44. The maximum Gasteiger partial charge on any atom is 0.416 e. The predicted octanol–water partition coefficient (Wildman–Crippen LogP) is 4.78. The molecule has 12 heteroatoms. The first-order valence-electron chi connectivity index (χ1n) is 10.7. The molecule has 2 aromatic carbocycles. The molecule has 0 bridgehead atoms. The van der Waals surface area contributed by atoms with Gasteiger partial charge < -0.3 is 14.6 Å². The lowest BCUT2D eigenvalue weighted by Gasteiger charge is -2.36. The highest BCUT2D eigenvalue weighted by Gasteiger charge is 2.37. The molecule has 1 heterocycles. The van der Waals surface area contributed by atoms with Crippen molar-refractivity contribution in [2.45, 2.75) is 63.0 Å². The molecule has 0 radical (unpaired) electrons. The van der Waals surface area contributed by atoms with E-state index in [2.05, 4.69) is 5.32 Å². The van der Waals surface area contributed by atoms with Crippen LogP contribution in [-0.2, 0) is 20.9 Å². The second-order valence-electron chi connectivity index (χ2n) is 9.20. The van der Waals surface area contributed by atoms with Crippen molar-refractivity contribution in [3.8, 4) is 5.75 Å². The summed E-state index contributed by atoms with van der Waals surface area (Å²) in [6.07, 6.45) is -6.98. The van der Waals surface area contributed by atoms with Gasteiger partial charge in [-0.25, -0.2) is 13.2 Å². The van der Waals surface area contributed by atoms with Crippen LogP contribution in [0.2, 0.25) is 0 Å². The number of anilines is 2. The minimum Gasteiger partial charge on any atom is -0.486 e. The average molecular weight is 517 g/mol. The second-order valence-corrected chi connectivity index (χ2v) is 11.1. The van der Waals surface area contributed by atoms with Crippen molar-refractivity contribution in [3.05, 3.63) is 48.0 Å². The molecule has 8 nitrogen and oxygen atoms in total. The Morgan fingerprint density at radius 3 is 2.51 bits per heavy atom. The fourth-order valence-electron chi connectivity index (χ4n) is 3.50. The third-order valence-electron chi connectivity index (χ3n) is 4.89. The highest BCUT2D eigenvalue weighted by atomic mass is 32.2. The summed E-state index contributed by atoms with van der Waals surface area (Å²) in [6.45, 7) is 6.29. The van der Waals surface area contributed by atoms with Gasteiger partial charge in [-0.3, -0.25) is 9.62 Å². The molecule has 0 aliphatic carbocycles. The fraction of sp³-hybridized carbons (Fsp3) is 0.435. The number of carbonyl (C=O) groups excluding carboxylic acids is 1. The Balaban J connectivity index is 2.04. The number of halogens is 3. The Labute approximate surface area is 201 Å². The maximum absolute atomic E-state index is 13.5. The molecule has 2 N–H and O–H groups in total. The number of alkyl halides is 3. The van der Waals surface area contributed by atoms with Gasteiger partial charge in [0, 0.05) is 12.1 Å². The van der Waals surface area contributed by atoms with Gasteiger partial charge in [-0.05, 0) is 64.1 Å². The Morgan fingerprint density at radius 2 is 1.91 bits per heavy atom. The zero-order chi connectivity index (χ0) is 26.2. The molecule has 1 aliphatic rings. The minimum absolute atomic E-state index is 0.0258. The monoisotopic (exact) mass is 516 g/mol. The summed E-state index contributed by atoms with van der Waals surface area (Å²) in [4.78, 5) is 11.6. The van der Waals surface area contributed by atoms with Crippen molar-refractivity contribution in [1.29, 1.82) is 0 Å². The summed E-state index contributed by atoms with van der Waals surface area (Å²) in [7, 11) is -4.47. The van der Waals surface area contributed by atoms with Gasteiger partial charge in [0.1, 0.15) is 17.5 Å². The third-order valence-corrected chi connectivity index (χ3v) is 6.67. The number of rotatable bonds is 5. The Hall–Kier alpha value is -2.99. The molecule has 0 saturated heterocycles. The number of aliphatic hydroxyl groups is 1. The van der Waals surface area contributed by atoms with Crippen LogP contribution in [0.1, 0.15) is 39.7 Å². The molecular weight excluding hydrogens is 489 g/mol. The van der Waals surface area contributed by atoms with Crippen molar-refractivity contribution < 1.29 is 41.0 Å². The van der Waals surface area contributed by atoms with Gasteiger partial charge in [0.15, 0.2) is 0 Å². The summed E-state index contributed by atoms with van der Waals surface area (Å²) in [5.74, 6) is 0.132. The van der Waals surface area contributed by atoms with E-state index in [1.54, 1.807) is 20.8 Å². The topological polar surface area (TPSA) is 105 Å². The van der Waals surface area contributed by atoms with E-state index in [0.717, 1.165) is 22.5 Å². The first-order chi connectivity index (χ1) is 16.1. The first kappa shape index (κ1) is 26.6. The SMILES string of the molecule is CC(O)CC1CN(S(=O)(=O)c2cccc(C(F)(F)F)c2)c2cc(NC(=O)OC(C)(C)C)ccc2O1. The van der Waals surface area contributed by atoms with E-state index in [1.807, 2.05) is 0 Å². The molecule has 0 fully saturated rings. The van der Waals surface area contributed by atoms with Crippen LogP contribution in [0.15, 0.2) is 47.4 Å². The van der Waals surface area contributed by atoms with Gasteiger partial charge in [-0.2, -0.15) is 13.2 Å². The Bertz CT molecular complexity index is 1190. The number of carbonyl (C=O) groups is 1. The number of ether oxygens (including phenoxy) is 2. The largest absolute Gasteiger partial charge is 0.486 e. The summed E-state index contributed by atoms with van der Waals surface area (Å²) < 4.78 is 78.7. The van der Waals surface area contributed by atoms with Gasteiger partial charge in [0.2, 0.25) is 0 Å². The lowest BCUT2D eigenvalue weighted by molar-refractivity contribution is -0.137. The van der Waals surface area contributed by atoms with E-state index in [1.165, 1.54) is 25.1 Å². The normalized spacial score (nSPS) is 17.3. The second kappa shape index (κ2) is 9.57. The van der Waals surface area contributed by atoms with Crippen LogP contribution < -0.4 is 14.4 Å². The van der Waals surface area contributed by atoms with Crippen molar-refractivity contribution in [1.82, 2.24) is 0 Å². The molecule has 35 heavy (non-hydrogen) atoms. The number of amides is 1. The van der Waals surface area contributed by atoms with Gasteiger partial charge in [0.05, 0.1) is 28.8 Å². The number of hydrogen-bond donors (Lipinski definition) is 2. The molecule has 0 aromatic heterocycles. The fourth-order valence-corrected chi connectivity index (χ4v) is 5.05. The Morgan fingerprint density at radius 1 is 1.23 bits per heavy atom. The van der Waals surface area contributed by atoms with E-state index in [9.17, 15) is 31.5 Å². The summed E-state index contributed by atoms with van der Waals surface area (Å²) in [5, 5.41) is 12.3. The van der Waals surface area contributed by atoms with Crippen LogP contribution in [0.5, 0.6) is 5.75 Å². The molecule has 2 atom stereocenters. The van der Waals surface area contributed by atoms with E-state index in [0.29, 0.717) is 6.07 Å². The van der Waals surface area contributed by atoms with Gasteiger partial charge >= 0.3 is 12.3 Å². The number of sulfonamides is 1. The third kappa shape index (κ3) is 6.57. The highest BCUT2D eigenvalue weighted by Crippen LogP contribution is 2.40. The lowest BCUT2D eigenvalue weighted by atomic mass is 10.1. The van der Waals surface area contributed by atoms with Gasteiger partial charge in [-0.1, -0.05) is 6.07 Å². The Kier molecular flexibility index (Phi) is 7.28. The highest BCUT2D eigenvalue weighted by molar-refractivity contribution is 7.92. The van der Waals surface area contributed by atoms with Crippen LogP contribution in [0.3, 0.4) is 0 Å².